The lowest BCUT2D eigenvalue weighted by molar-refractivity contribution is -0.135. The molecule has 8 heteroatoms. The average Bonchev–Trinajstić information content (AvgIpc) is 3.42. The van der Waals surface area contributed by atoms with Crippen LogP contribution < -0.4 is 10.2 Å². The van der Waals surface area contributed by atoms with Gasteiger partial charge in [-0.1, -0.05) is 23.2 Å². The maximum Gasteiger partial charge on any atom is 0.250 e. The number of hydrogen-bond donors (Lipinski definition) is 1. The van der Waals surface area contributed by atoms with E-state index in [0.29, 0.717) is 33.5 Å². The van der Waals surface area contributed by atoms with E-state index in [1.165, 1.54) is 4.90 Å². The van der Waals surface area contributed by atoms with Crippen molar-refractivity contribution in [2.75, 3.05) is 16.8 Å². The molecule has 1 N–H and O–H groups in total. The molecule has 3 saturated heterocycles. The molecule has 6 rings (SSSR count). The minimum Gasteiger partial charge on any atom is -0.324 e. The monoisotopic (exact) mass is 441 g/mol. The molecule has 0 radical (unpaired) electrons. The fraction of sp³-hybridized carbons (Fsp3) is 0.318. The van der Waals surface area contributed by atoms with Crippen LogP contribution in [0, 0.1) is 11.8 Å². The Labute approximate surface area is 182 Å². The Hall–Kier alpha value is -2.41. The summed E-state index contributed by atoms with van der Waals surface area (Å²) in [5, 5.41) is 3.96. The molecule has 0 saturated carbocycles. The molecule has 0 aliphatic carbocycles. The quantitative estimate of drug-likeness (QED) is 0.688. The van der Waals surface area contributed by atoms with Crippen LogP contribution in [0.25, 0.3) is 0 Å². The van der Waals surface area contributed by atoms with Crippen LogP contribution >= 0.6 is 23.2 Å². The maximum atomic E-state index is 13.7. The van der Waals surface area contributed by atoms with Gasteiger partial charge < -0.3 is 5.32 Å². The SMILES string of the molecule is O=C1[C@@H]2[C@@H]3CCCN3[C@@]3(C(=O)Nc4ccc(Cl)cc43)[C@H]2C(=O)N1c1ccc(Cl)cc1. The molecule has 0 bridgehead atoms. The molecular formula is C22H17Cl2N3O3. The van der Waals surface area contributed by atoms with Gasteiger partial charge in [0.1, 0.15) is 5.54 Å². The first-order valence-corrected chi connectivity index (χ1v) is 10.7. The zero-order chi connectivity index (χ0) is 20.8. The van der Waals surface area contributed by atoms with Crippen LogP contribution in [0.1, 0.15) is 18.4 Å². The summed E-state index contributed by atoms with van der Waals surface area (Å²) in [5.74, 6) is -2.19. The second-order valence-electron chi connectivity index (χ2n) is 8.31. The molecule has 0 unspecified atom stereocenters. The number of halogens is 2. The molecule has 2 aromatic carbocycles. The Morgan fingerprint density at radius 2 is 1.70 bits per heavy atom. The van der Waals surface area contributed by atoms with Gasteiger partial charge in [0.25, 0.3) is 0 Å². The minimum absolute atomic E-state index is 0.153. The van der Waals surface area contributed by atoms with Crippen LogP contribution in [-0.4, -0.2) is 35.2 Å². The molecular weight excluding hydrogens is 425 g/mol. The van der Waals surface area contributed by atoms with Crippen LogP contribution in [0.15, 0.2) is 42.5 Å². The first-order chi connectivity index (χ1) is 14.4. The zero-order valence-corrected chi connectivity index (χ0v) is 17.3. The Bertz CT molecular complexity index is 1130. The van der Waals surface area contributed by atoms with Crippen molar-refractivity contribution in [2.24, 2.45) is 11.8 Å². The molecule has 4 aliphatic heterocycles. The molecule has 3 fully saturated rings. The van der Waals surface area contributed by atoms with Gasteiger partial charge in [0.05, 0.1) is 17.5 Å². The highest BCUT2D eigenvalue weighted by molar-refractivity contribution is 6.32. The molecule has 3 amide bonds. The Morgan fingerprint density at radius 3 is 2.47 bits per heavy atom. The molecule has 0 aromatic heterocycles. The highest BCUT2D eigenvalue weighted by Crippen LogP contribution is 2.60. The predicted octanol–water partition coefficient (Wildman–Crippen LogP) is 3.42. The summed E-state index contributed by atoms with van der Waals surface area (Å²) in [5.41, 5.74) is 0.618. The summed E-state index contributed by atoms with van der Waals surface area (Å²) < 4.78 is 0. The second-order valence-corrected chi connectivity index (χ2v) is 9.18. The molecule has 2 aromatic rings. The zero-order valence-electron chi connectivity index (χ0n) is 15.8. The highest BCUT2D eigenvalue weighted by Gasteiger charge is 2.74. The predicted molar refractivity (Wildman–Crippen MR) is 112 cm³/mol. The third-order valence-electron chi connectivity index (χ3n) is 7.04. The van der Waals surface area contributed by atoms with Crippen molar-refractivity contribution >= 4 is 52.3 Å². The minimum atomic E-state index is -1.21. The summed E-state index contributed by atoms with van der Waals surface area (Å²) in [7, 11) is 0. The number of hydrogen-bond acceptors (Lipinski definition) is 4. The maximum absolute atomic E-state index is 13.7. The van der Waals surface area contributed by atoms with E-state index in [0.717, 1.165) is 12.8 Å². The van der Waals surface area contributed by atoms with Gasteiger partial charge in [-0.25, -0.2) is 4.90 Å². The van der Waals surface area contributed by atoms with Gasteiger partial charge in [0, 0.05) is 27.3 Å². The number of amides is 3. The lowest BCUT2D eigenvalue weighted by Gasteiger charge is -2.36. The fourth-order valence-corrected chi connectivity index (χ4v) is 6.32. The summed E-state index contributed by atoms with van der Waals surface area (Å²) >= 11 is 12.3. The van der Waals surface area contributed by atoms with Gasteiger partial charge in [-0.05, 0) is 61.9 Å². The lowest BCUT2D eigenvalue weighted by atomic mass is 9.75. The van der Waals surface area contributed by atoms with E-state index in [-0.39, 0.29) is 23.8 Å². The number of carbonyl (C=O) groups excluding carboxylic acids is 3. The van der Waals surface area contributed by atoms with Crippen molar-refractivity contribution in [3.05, 3.63) is 58.1 Å². The van der Waals surface area contributed by atoms with Crippen molar-refractivity contribution in [3.63, 3.8) is 0 Å². The topological polar surface area (TPSA) is 69.7 Å². The summed E-state index contributed by atoms with van der Waals surface area (Å²) in [6.45, 7) is 0.665. The van der Waals surface area contributed by atoms with Gasteiger partial charge in [-0.3, -0.25) is 19.3 Å². The van der Waals surface area contributed by atoms with Crippen LogP contribution in [0.2, 0.25) is 10.0 Å². The largest absolute Gasteiger partial charge is 0.324 e. The van der Waals surface area contributed by atoms with E-state index in [1.54, 1.807) is 42.5 Å². The number of nitrogens with zero attached hydrogens (tertiary/aromatic N) is 2. The van der Waals surface area contributed by atoms with E-state index in [2.05, 4.69) is 10.2 Å². The molecule has 4 heterocycles. The number of carbonyl (C=O) groups is 3. The number of imide groups is 1. The van der Waals surface area contributed by atoms with Gasteiger partial charge in [-0.15, -0.1) is 0 Å². The van der Waals surface area contributed by atoms with E-state index in [1.807, 2.05) is 0 Å². The van der Waals surface area contributed by atoms with E-state index >= 15 is 0 Å². The standard InChI is InChI=1S/C22H17Cl2N3O3/c23-11-3-6-13(7-4-11)27-19(28)17-16-2-1-9-26(16)22(18(17)20(27)29)14-10-12(24)5-8-15(14)25-21(22)30/h3-8,10,16-18H,1-2,9H2,(H,25,30)/t16-,17+,18+,22+/m0/s1. The van der Waals surface area contributed by atoms with Crippen molar-refractivity contribution in [1.82, 2.24) is 4.90 Å². The van der Waals surface area contributed by atoms with Crippen LogP contribution in [0.5, 0.6) is 0 Å². The van der Waals surface area contributed by atoms with Crippen LogP contribution in [-0.2, 0) is 19.9 Å². The first kappa shape index (κ1) is 18.4. The molecule has 4 aliphatic rings. The number of anilines is 2. The Balaban J connectivity index is 1.56. The summed E-state index contributed by atoms with van der Waals surface area (Å²) in [6.07, 6.45) is 1.65. The third-order valence-corrected chi connectivity index (χ3v) is 7.53. The third kappa shape index (κ3) is 2.06. The second kappa shape index (κ2) is 6.06. The normalized spacial score (nSPS) is 32.0. The van der Waals surface area contributed by atoms with Crippen molar-refractivity contribution in [3.8, 4) is 0 Å². The number of benzene rings is 2. The smallest absolute Gasteiger partial charge is 0.250 e. The van der Waals surface area contributed by atoms with E-state index < -0.39 is 17.4 Å². The van der Waals surface area contributed by atoms with Gasteiger partial charge >= 0.3 is 0 Å². The van der Waals surface area contributed by atoms with Gasteiger partial charge in [-0.2, -0.15) is 0 Å². The number of nitrogens with one attached hydrogen (secondary N) is 1. The average molecular weight is 442 g/mol. The van der Waals surface area contributed by atoms with E-state index in [4.69, 9.17) is 23.2 Å². The fourth-order valence-electron chi connectivity index (χ4n) is 6.02. The number of fused-ring (bicyclic) bond motifs is 7. The van der Waals surface area contributed by atoms with Gasteiger partial charge in [0.15, 0.2) is 0 Å². The Morgan fingerprint density at radius 1 is 0.967 bits per heavy atom. The van der Waals surface area contributed by atoms with Crippen molar-refractivity contribution in [2.45, 2.75) is 24.4 Å². The molecule has 152 valence electrons. The molecule has 4 atom stereocenters. The van der Waals surface area contributed by atoms with E-state index in [9.17, 15) is 14.4 Å². The van der Waals surface area contributed by atoms with Crippen molar-refractivity contribution in [1.29, 1.82) is 0 Å². The van der Waals surface area contributed by atoms with Crippen LogP contribution in [0.3, 0.4) is 0 Å². The van der Waals surface area contributed by atoms with Crippen LogP contribution in [0.4, 0.5) is 11.4 Å². The van der Waals surface area contributed by atoms with Crippen molar-refractivity contribution < 1.29 is 14.4 Å². The summed E-state index contributed by atoms with van der Waals surface area (Å²) in [6, 6.07) is 11.7. The Kier molecular flexibility index (Phi) is 3.71. The molecule has 1 spiro atoms. The van der Waals surface area contributed by atoms with Gasteiger partial charge in [0.2, 0.25) is 17.7 Å². The molecule has 30 heavy (non-hydrogen) atoms. The molecule has 6 nitrogen and oxygen atoms in total. The lowest BCUT2D eigenvalue weighted by Crippen LogP contribution is -2.54. The highest BCUT2D eigenvalue weighted by atomic mass is 35.5. The summed E-state index contributed by atoms with van der Waals surface area (Å²) in [4.78, 5) is 44.1. The first-order valence-electron chi connectivity index (χ1n) is 9.96. The number of rotatable bonds is 1.